The van der Waals surface area contributed by atoms with Crippen molar-refractivity contribution in [1.82, 2.24) is 10.2 Å². The van der Waals surface area contributed by atoms with Gasteiger partial charge >= 0.3 is 0 Å². The summed E-state index contributed by atoms with van der Waals surface area (Å²) in [6, 6.07) is 9.53. The summed E-state index contributed by atoms with van der Waals surface area (Å²) in [5.74, 6) is 0.821. The van der Waals surface area contributed by atoms with Gasteiger partial charge in [-0.1, -0.05) is 18.2 Å². The molecule has 0 aromatic heterocycles. The van der Waals surface area contributed by atoms with E-state index in [2.05, 4.69) is 10.6 Å². The highest BCUT2D eigenvalue weighted by molar-refractivity contribution is 5.93. The average Bonchev–Trinajstić information content (AvgIpc) is 2.68. The van der Waals surface area contributed by atoms with Crippen molar-refractivity contribution in [2.45, 2.75) is 38.5 Å². The summed E-state index contributed by atoms with van der Waals surface area (Å²) in [5.41, 5.74) is 0.821. The number of halogens is 1. The summed E-state index contributed by atoms with van der Waals surface area (Å²) in [7, 11) is 0. The Balaban J connectivity index is 0.00000243. The second-order valence-corrected chi connectivity index (χ2v) is 7.27. The molecule has 2 saturated heterocycles. The zero-order valence-corrected chi connectivity index (χ0v) is 16.1. The van der Waals surface area contributed by atoms with Crippen molar-refractivity contribution < 1.29 is 9.59 Å². The van der Waals surface area contributed by atoms with Gasteiger partial charge in [0.1, 0.15) is 0 Å². The molecule has 2 heterocycles. The number of piperidine rings is 2. The lowest BCUT2D eigenvalue weighted by atomic mass is 9.92. The molecule has 6 heteroatoms. The first-order valence-corrected chi connectivity index (χ1v) is 9.57. The maximum absolute atomic E-state index is 12.5. The third-order valence-corrected chi connectivity index (χ3v) is 5.41. The molecule has 1 unspecified atom stereocenters. The molecule has 5 nitrogen and oxygen atoms in total. The number of rotatable bonds is 5. The molecule has 1 aromatic rings. The number of hydrogen-bond donors (Lipinski definition) is 2. The molecule has 1 aromatic carbocycles. The molecular weight excluding hydrogens is 350 g/mol. The summed E-state index contributed by atoms with van der Waals surface area (Å²) in [6.45, 7) is 3.50. The Morgan fingerprint density at radius 2 is 1.85 bits per heavy atom. The fraction of sp³-hybridized carbons (Fsp3) is 0.600. The Morgan fingerprint density at radius 1 is 1.12 bits per heavy atom. The quantitative estimate of drug-likeness (QED) is 0.826. The van der Waals surface area contributed by atoms with Gasteiger partial charge in [-0.15, -0.1) is 12.4 Å². The molecule has 0 saturated carbocycles. The largest absolute Gasteiger partial charge is 0.342 e. The minimum absolute atomic E-state index is 0. The van der Waals surface area contributed by atoms with E-state index in [0.717, 1.165) is 44.6 Å². The Kier molecular flexibility index (Phi) is 8.39. The van der Waals surface area contributed by atoms with Gasteiger partial charge in [-0.2, -0.15) is 0 Å². The van der Waals surface area contributed by atoms with Crippen molar-refractivity contribution >= 4 is 29.9 Å². The Morgan fingerprint density at radius 3 is 2.58 bits per heavy atom. The number of amides is 2. The number of benzene rings is 1. The predicted molar refractivity (Wildman–Crippen MR) is 106 cm³/mol. The standard InChI is InChI=1S/C20H29N3O2.ClH/c24-19(9-8-16-10-12-21-13-11-16)23-14-4-5-17(15-23)20(25)22-18-6-2-1-3-7-18;/h1-3,6-7,16-17,21H,4-5,8-15H2,(H,22,25);1H. The third kappa shape index (κ3) is 5.99. The first-order valence-electron chi connectivity index (χ1n) is 9.57. The molecule has 2 fully saturated rings. The van der Waals surface area contributed by atoms with E-state index in [-0.39, 0.29) is 30.1 Å². The molecule has 1 atom stereocenters. The fourth-order valence-corrected chi connectivity index (χ4v) is 3.84. The predicted octanol–water partition coefficient (Wildman–Crippen LogP) is 3.07. The van der Waals surface area contributed by atoms with Crippen molar-refractivity contribution in [3.63, 3.8) is 0 Å². The van der Waals surface area contributed by atoms with Gasteiger partial charge in [0.2, 0.25) is 11.8 Å². The van der Waals surface area contributed by atoms with Crippen LogP contribution in [0.4, 0.5) is 5.69 Å². The first kappa shape index (κ1) is 20.7. The number of anilines is 1. The SMILES string of the molecule is Cl.O=C(Nc1ccccc1)C1CCCN(C(=O)CCC2CCNCC2)C1. The number of carbonyl (C=O) groups is 2. The van der Waals surface area contributed by atoms with Crippen LogP contribution in [0.3, 0.4) is 0 Å². The van der Waals surface area contributed by atoms with Crippen LogP contribution in [0, 0.1) is 11.8 Å². The molecule has 0 aliphatic carbocycles. The molecular formula is C20H30ClN3O2. The number of hydrogen-bond acceptors (Lipinski definition) is 3. The van der Waals surface area contributed by atoms with Crippen molar-refractivity contribution in [3.05, 3.63) is 30.3 Å². The van der Waals surface area contributed by atoms with Crippen LogP contribution in [-0.4, -0.2) is 42.9 Å². The second-order valence-electron chi connectivity index (χ2n) is 7.27. The maximum atomic E-state index is 12.5. The summed E-state index contributed by atoms with van der Waals surface area (Å²) in [6.07, 6.45) is 5.73. The Labute approximate surface area is 162 Å². The van der Waals surface area contributed by atoms with Gasteiger partial charge in [0.05, 0.1) is 5.92 Å². The molecule has 2 N–H and O–H groups in total. The van der Waals surface area contributed by atoms with E-state index < -0.39 is 0 Å². The number of para-hydroxylation sites is 1. The Hall–Kier alpha value is -1.59. The van der Waals surface area contributed by atoms with E-state index in [4.69, 9.17) is 0 Å². The van der Waals surface area contributed by atoms with Gasteiger partial charge in [0.25, 0.3) is 0 Å². The number of likely N-dealkylation sites (tertiary alicyclic amines) is 1. The van der Waals surface area contributed by atoms with Crippen molar-refractivity contribution in [1.29, 1.82) is 0 Å². The van der Waals surface area contributed by atoms with Crippen molar-refractivity contribution in [2.75, 3.05) is 31.5 Å². The van der Waals surface area contributed by atoms with Crippen LogP contribution in [0.1, 0.15) is 38.5 Å². The van der Waals surface area contributed by atoms with Crippen LogP contribution in [-0.2, 0) is 9.59 Å². The van der Waals surface area contributed by atoms with Gasteiger partial charge in [-0.3, -0.25) is 9.59 Å². The monoisotopic (exact) mass is 379 g/mol. The maximum Gasteiger partial charge on any atom is 0.229 e. The van der Waals surface area contributed by atoms with E-state index in [1.54, 1.807) is 0 Å². The summed E-state index contributed by atoms with van der Waals surface area (Å²) in [4.78, 5) is 26.9. The number of nitrogens with one attached hydrogen (secondary N) is 2. The van der Waals surface area contributed by atoms with Crippen LogP contribution < -0.4 is 10.6 Å². The number of carbonyl (C=O) groups excluding carboxylic acids is 2. The van der Waals surface area contributed by atoms with Crippen LogP contribution in [0.5, 0.6) is 0 Å². The summed E-state index contributed by atoms with van der Waals surface area (Å²) < 4.78 is 0. The second kappa shape index (κ2) is 10.5. The molecule has 2 aliphatic rings. The van der Waals surface area contributed by atoms with E-state index in [9.17, 15) is 9.59 Å². The zero-order valence-electron chi connectivity index (χ0n) is 15.3. The van der Waals surface area contributed by atoms with Crippen LogP contribution in [0.25, 0.3) is 0 Å². The summed E-state index contributed by atoms with van der Waals surface area (Å²) >= 11 is 0. The minimum Gasteiger partial charge on any atom is -0.342 e. The highest BCUT2D eigenvalue weighted by Crippen LogP contribution is 2.22. The van der Waals surface area contributed by atoms with Gasteiger partial charge in [0, 0.05) is 25.2 Å². The molecule has 2 aliphatic heterocycles. The minimum atomic E-state index is -0.100. The van der Waals surface area contributed by atoms with E-state index >= 15 is 0 Å². The molecule has 3 rings (SSSR count). The molecule has 2 amide bonds. The van der Waals surface area contributed by atoms with Gasteiger partial charge in [-0.05, 0) is 63.2 Å². The number of nitrogens with zero attached hydrogens (tertiary/aromatic N) is 1. The smallest absolute Gasteiger partial charge is 0.229 e. The van der Waals surface area contributed by atoms with Crippen LogP contribution >= 0.6 is 12.4 Å². The van der Waals surface area contributed by atoms with E-state index in [0.29, 0.717) is 18.9 Å². The highest BCUT2D eigenvalue weighted by Gasteiger charge is 2.28. The van der Waals surface area contributed by atoms with E-state index in [1.165, 1.54) is 12.8 Å². The van der Waals surface area contributed by atoms with Crippen molar-refractivity contribution in [3.8, 4) is 0 Å². The molecule has 0 bridgehead atoms. The topological polar surface area (TPSA) is 61.4 Å². The van der Waals surface area contributed by atoms with Crippen molar-refractivity contribution in [2.24, 2.45) is 11.8 Å². The fourth-order valence-electron chi connectivity index (χ4n) is 3.84. The summed E-state index contributed by atoms with van der Waals surface area (Å²) in [5, 5.41) is 6.34. The van der Waals surface area contributed by atoms with E-state index in [1.807, 2.05) is 35.2 Å². The van der Waals surface area contributed by atoms with Gasteiger partial charge in [-0.25, -0.2) is 0 Å². The average molecular weight is 380 g/mol. The normalized spacial score (nSPS) is 20.9. The van der Waals surface area contributed by atoms with Gasteiger partial charge in [0.15, 0.2) is 0 Å². The Bertz CT molecular complexity index is 576. The van der Waals surface area contributed by atoms with Crippen LogP contribution in [0.15, 0.2) is 30.3 Å². The zero-order chi connectivity index (χ0) is 17.5. The van der Waals surface area contributed by atoms with Gasteiger partial charge < -0.3 is 15.5 Å². The molecule has 0 radical (unpaired) electrons. The van der Waals surface area contributed by atoms with Crippen LogP contribution in [0.2, 0.25) is 0 Å². The molecule has 26 heavy (non-hydrogen) atoms. The third-order valence-electron chi connectivity index (χ3n) is 5.41. The molecule has 144 valence electrons. The lowest BCUT2D eigenvalue weighted by molar-refractivity contribution is -0.134. The lowest BCUT2D eigenvalue weighted by Gasteiger charge is -2.32. The lowest BCUT2D eigenvalue weighted by Crippen LogP contribution is -2.43. The first-order chi connectivity index (χ1) is 12.2. The molecule has 0 spiro atoms. The highest BCUT2D eigenvalue weighted by atomic mass is 35.5.